The summed E-state index contributed by atoms with van der Waals surface area (Å²) in [5.41, 5.74) is -2.83. The fourth-order valence-corrected chi connectivity index (χ4v) is 17.2. The molecule has 2 bridgehead atoms. The Morgan fingerprint density at radius 1 is 0.519 bits per heavy atom. The summed E-state index contributed by atoms with van der Waals surface area (Å²) in [6.45, 7) is 12.9. The van der Waals surface area contributed by atoms with E-state index in [1.54, 1.807) is 0 Å². The molecule has 0 radical (unpaired) electrons. The quantitative estimate of drug-likeness (QED) is 0.0705. The number of aliphatic hydroxyl groups is 14. The standard InChI is InChI=1S/C54H88O23/c1-23-32(60)42(76-46-40(68)37(65)41(26(20-57)73-46)75-44-38(66)35(63)33(61)24(18-55)71-44)43(77-45-39(67)36(64)34(62)25(19-56)72-45)47(70-23)74-31-10-11-49(4)27(50(31,5)21-58)8-12-51(6)28(49)9-13-54-29-16-48(2,3)14-15-53(29,22-69-54)30(59)17-52(51,54)7/h9,13,23-47,55-68H,8,10-12,14-22H2,1-7H3/t23-,24-,25-,26-,27-,28-,29-,30+,31+,32+,33-,34-,35+,36+,37-,38-,39-,40-,41-,42+,43-,44+,45+,46+,47+,49+,50+,51-,52+,53?,54?/m1/s1. The lowest BCUT2D eigenvalue weighted by Crippen LogP contribution is -2.72. The second-order valence-electron chi connectivity index (χ2n) is 26.6. The Morgan fingerprint density at radius 3 is 1.66 bits per heavy atom. The number of allylic oxidation sites excluding steroid dienone is 1. The van der Waals surface area contributed by atoms with E-state index in [0.717, 1.165) is 25.7 Å². The topological polar surface area (TPSA) is 366 Å². The van der Waals surface area contributed by atoms with Crippen LogP contribution < -0.4 is 0 Å². The van der Waals surface area contributed by atoms with Gasteiger partial charge in [-0.3, -0.25) is 0 Å². The van der Waals surface area contributed by atoms with Gasteiger partial charge in [0.1, 0.15) is 91.6 Å². The summed E-state index contributed by atoms with van der Waals surface area (Å²) < 4.78 is 56.2. The lowest BCUT2D eigenvalue weighted by atomic mass is 9.32. The van der Waals surface area contributed by atoms with Crippen LogP contribution in [0.2, 0.25) is 0 Å². The van der Waals surface area contributed by atoms with E-state index < -0.39 is 177 Å². The molecule has 0 aromatic carbocycles. The summed E-state index contributed by atoms with van der Waals surface area (Å²) >= 11 is 0. The maximum atomic E-state index is 12.3. The molecule has 5 aliphatic carbocycles. The van der Waals surface area contributed by atoms with Gasteiger partial charge in [0.2, 0.25) is 0 Å². The zero-order chi connectivity index (χ0) is 55.9. The smallest absolute Gasteiger partial charge is 0.187 e. The van der Waals surface area contributed by atoms with Gasteiger partial charge < -0.3 is 114 Å². The summed E-state index contributed by atoms with van der Waals surface area (Å²) in [6, 6.07) is 0. The number of fused-ring (bicyclic) bond motifs is 4. The Morgan fingerprint density at radius 2 is 1.08 bits per heavy atom. The summed E-state index contributed by atoms with van der Waals surface area (Å²) in [5.74, 6) is 0.0283. The highest BCUT2D eigenvalue weighted by molar-refractivity contribution is 5.36. The number of rotatable bonds is 12. The van der Waals surface area contributed by atoms with Crippen molar-refractivity contribution >= 4 is 0 Å². The predicted molar refractivity (Wildman–Crippen MR) is 262 cm³/mol. The molecule has 2 unspecified atom stereocenters. The predicted octanol–water partition coefficient (Wildman–Crippen LogP) is -2.57. The fraction of sp³-hybridized carbons (Fsp3) is 0.963. The van der Waals surface area contributed by atoms with Crippen molar-refractivity contribution in [2.24, 2.45) is 50.2 Å². The first kappa shape index (κ1) is 59.0. The van der Waals surface area contributed by atoms with E-state index in [-0.39, 0.29) is 40.6 Å². The average Bonchev–Trinajstić information content (AvgIpc) is 3.34. The minimum Gasteiger partial charge on any atom is -0.396 e. The van der Waals surface area contributed by atoms with Crippen LogP contribution in [-0.2, 0) is 42.6 Å². The van der Waals surface area contributed by atoms with Gasteiger partial charge in [0.15, 0.2) is 25.2 Å². The van der Waals surface area contributed by atoms with E-state index in [2.05, 4.69) is 46.8 Å². The van der Waals surface area contributed by atoms with Crippen LogP contribution in [0.4, 0.5) is 0 Å². The Hall–Kier alpha value is -1.18. The number of hydrogen-bond donors (Lipinski definition) is 14. The first-order chi connectivity index (χ1) is 36.2. The largest absolute Gasteiger partial charge is 0.396 e. The van der Waals surface area contributed by atoms with Gasteiger partial charge in [-0.25, -0.2) is 0 Å². The molecule has 77 heavy (non-hydrogen) atoms. The van der Waals surface area contributed by atoms with Crippen molar-refractivity contribution < 1.29 is 114 Å². The molecule has 14 N–H and O–H groups in total. The van der Waals surface area contributed by atoms with Crippen LogP contribution in [0.15, 0.2) is 12.2 Å². The Bertz CT molecular complexity index is 2120. The van der Waals surface area contributed by atoms with E-state index in [1.807, 2.05) is 6.92 Å². The zero-order valence-electron chi connectivity index (χ0n) is 45.2. The number of hydrogen-bond acceptors (Lipinski definition) is 23. The van der Waals surface area contributed by atoms with Crippen LogP contribution in [-0.4, -0.2) is 245 Å². The molecule has 4 saturated carbocycles. The van der Waals surface area contributed by atoms with E-state index in [1.165, 1.54) is 6.92 Å². The minimum atomic E-state index is -2.06. The molecule has 1 spiro atoms. The first-order valence-corrected chi connectivity index (χ1v) is 28.0. The summed E-state index contributed by atoms with van der Waals surface area (Å²) in [4.78, 5) is 0. The van der Waals surface area contributed by atoms with Crippen LogP contribution >= 0.6 is 0 Å². The van der Waals surface area contributed by atoms with Crippen molar-refractivity contribution in [1.29, 1.82) is 0 Å². The molecule has 5 heterocycles. The number of aliphatic hydroxyl groups excluding tert-OH is 14. The normalized spacial score (nSPS) is 58.1. The third-order valence-electron chi connectivity index (χ3n) is 22.2. The molecular formula is C54H88O23. The van der Waals surface area contributed by atoms with Crippen LogP contribution in [0.1, 0.15) is 99.8 Å². The van der Waals surface area contributed by atoms with Gasteiger partial charge in [0.05, 0.1) is 56.9 Å². The Labute approximate surface area is 448 Å². The Kier molecular flexibility index (Phi) is 16.0. The molecule has 10 rings (SSSR count). The molecule has 0 amide bonds. The van der Waals surface area contributed by atoms with Crippen molar-refractivity contribution in [3.63, 3.8) is 0 Å². The molecular weight excluding hydrogens is 1020 g/mol. The molecule has 442 valence electrons. The van der Waals surface area contributed by atoms with Crippen LogP contribution in [0.5, 0.6) is 0 Å². The van der Waals surface area contributed by atoms with E-state index in [0.29, 0.717) is 32.3 Å². The number of ether oxygens (including phenoxy) is 9. The van der Waals surface area contributed by atoms with Crippen LogP contribution in [0.25, 0.3) is 0 Å². The first-order valence-electron chi connectivity index (χ1n) is 28.0. The third-order valence-corrected chi connectivity index (χ3v) is 22.2. The molecule has 23 nitrogen and oxygen atoms in total. The van der Waals surface area contributed by atoms with E-state index in [4.69, 9.17) is 42.6 Å². The average molecular weight is 1110 g/mol. The molecule has 31 atom stereocenters. The van der Waals surface area contributed by atoms with Crippen molar-refractivity contribution in [2.45, 2.75) is 240 Å². The molecule has 9 fully saturated rings. The van der Waals surface area contributed by atoms with E-state index >= 15 is 0 Å². The van der Waals surface area contributed by atoms with Gasteiger partial charge in [-0.15, -0.1) is 0 Å². The fourth-order valence-electron chi connectivity index (χ4n) is 17.2. The summed E-state index contributed by atoms with van der Waals surface area (Å²) in [6.07, 6.45) is -25.1. The summed E-state index contributed by atoms with van der Waals surface area (Å²) in [5, 5.41) is 154. The lowest BCUT2D eigenvalue weighted by Gasteiger charge is -2.73. The Balaban J connectivity index is 0.934. The van der Waals surface area contributed by atoms with Gasteiger partial charge in [-0.1, -0.05) is 53.7 Å². The molecule has 23 heteroatoms. The maximum Gasteiger partial charge on any atom is 0.187 e. The van der Waals surface area contributed by atoms with Gasteiger partial charge in [0.25, 0.3) is 0 Å². The summed E-state index contributed by atoms with van der Waals surface area (Å²) in [7, 11) is 0. The molecule has 0 aromatic rings. The van der Waals surface area contributed by atoms with Crippen molar-refractivity contribution in [2.75, 3.05) is 33.0 Å². The monoisotopic (exact) mass is 1100 g/mol. The van der Waals surface area contributed by atoms with Gasteiger partial charge in [-0.05, 0) is 86.4 Å². The molecule has 0 aromatic heterocycles. The van der Waals surface area contributed by atoms with Gasteiger partial charge in [0, 0.05) is 22.2 Å². The van der Waals surface area contributed by atoms with Gasteiger partial charge in [-0.2, -0.15) is 0 Å². The van der Waals surface area contributed by atoms with Crippen LogP contribution in [0, 0.1) is 50.2 Å². The highest BCUT2D eigenvalue weighted by Gasteiger charge is 2.79. The maximum absolute atomic E-state index is 12.3. The third kappa shape index (κ3) is 8.84. The van der Waals surface area contributed by atoms with Gasteiger partial charge >= 0.3 is 0 Å². The zero-order valence-corrected chi connectivity index (χ0v) is 45.2. The van der Waals surface area contributed by atoms with Crippen molar-refractivity contribution in [1.82, 2.24) is 0 Å². The molecule has 5 saturated heterocycles. The second kappa shape index (κ2) is 20.9. The lowest BCUT2D eigenvalue weighted by molar-refractivity contribution is -0.403. The molecule has 10 aliphatic rings. The van der Waals surface area contributed by atoms with Crippen molar-refractivity contribution in [3.05, 3.63) is 12.2 Å². The second-order valence-corrected chi connectivity index (χ2v) is 26.6. The molecule has 5 aliphatic heterocycles. The highest BCUT2D eigenvalue weighted by atomic mass is 16.8. The SMILES string of the molecule is C[C@H]1O[C@@H](O[C@H]2CC[C@@]3(C)[C@@H](CC[C@]4(C)[C@@H]3C=CC35OCC6(CCC(C)(C)C[C@H]63)[C@@H](O)C[C@]54C)[C@]2(C)CO)[C@H](O[C@@H]2O[C@H](CO)[C@@H](O)[C@H](O)[C@H]2O)[C@@H](O[C@@H]2O[C@H](CO)[C@@H](O[C@@H]3O[C@H](CO)[C@@H](O)[C@H](O)[C@H]3O)[C@H](O)[C@H]2O)[C@H]1O. The van der Waals surface area contributed by atoms with E-state index in [9.17, 15) is 71.5 Å². The van der Waals surface area contributed by atoms with Crippen LogP contribution in [0.3, 0.4) is 0 Å². The highest BCUT2D eigenvalue weighted by Crippen LogP contribution is 2.79. The minimum absolute atomic E-state index is 0.0140. The van der Waals surface area contributed by atoms with Crippen molar-refractivity contribution in [3.8, 4) is 0 Å².